The van der Waals surface area contributed by atoms with E-state index in [1.165, 1.54) is 0 Å². The maximum absolute atomic E-state index is 13.0. The zero-order valence-corrected chi connectivity index (χ0v) is 15.0. The van der Waals surface area contributed by atoms with Crippen molar-refractivity contribution < 1.29 is 19.1 Å². The first-order valence-corrected chi connectivity index (χ1v) is 8.93. The van der Waals surface area contributed by atoms with Crippen LogP contribution < -0.4 is 14.8 Å². The van der Waals surface area contributed by atoms with Crippen molar-refractivity contribution in [2.24, 2.45) is 5.41 Å². The van der Waals surface area contributed by atoms with Gasteiger partial charge < -0.3 is 19.7 Å². The fourth-order valence-electron chi connectivity index (χ4n) is 3.39. The van der Waals surface area contributed by atoms with Gasteiger partial charge in [-0.1, -0.05) is 12.8 Å². The van der Waals surface area contributed by atoms with Gasteiger partial charge in [-0.2, -0.15) is 0 Å². The Morgan fingerprint density at radius 3 is 2.28 bits per heavy atom. The highest BCUT2D eigenvalue weighted by molar-refractivity contribution is 6.13. The van der Waals surface area contributed by atoms with Crippen LogP contribution in [0.25, 0.3) is 0 Å². The van der Waals surface area contributed by atoms with Crippen molar-refractivity contribution in [1.29, 1.82) is 0 Å². The smallest absolute Gasteiger partial charge is 0.240 e. The molecule has 2 amide bonds. The predicted octanol–water partition coefficient (Wildman–Crippen LogP) is 2.83. The van der Waals surface area contributed by atoms with Crippen molar-refractivity contribution in [1.82, 2.24) is 4.90 Å². The number of amides is 2. The molecule has 2 aliphatic rings. The second-order valence-electron chi connectivity index (χ2n) is 6.81. The van der Waals surface area contributed by atoms with E-state index in [4.69, 9.17) is 9.47 Å². The van der Waals surface area contributed by atoms with E-state index >= 15 is 0 Å². The van der Waals surface area contributed by atoms with Gasteiger partial charge in [0.1, 0.15) is 16.9 Å². The lowest BCUT2D eigenvalue weighted by molar-refractivity contribution is -0.142. The SMILES string of the molecule is COc1ccc(OC)c(NC(=O)C2(C(=O)N3CCCCCC3)CC2)c1. The van der Waals surface area contributed by atoms with Crippen LogP contribution in [0.15, 0.2) is 18.2 Å². The minimum absolute atomic E-state index is 0.0197. The Morgan fingerprint density at radius 1 is 1.04 bits per heavy atom. The van der Waals surface area contributed by atoms with E-state index in [1.807, 2.05) is 4.90 Å². The molecule has 25 heavy (non-hydrogen) atoms. The highest BCUT2D eigenvalue weighted by atomic mass is 16.5. The Hall–Kier alpha value is -2.24. The third-order valence-corrected chi connectivity index (χ3v) is 5.14. The second kappa shape index (κ2) is 7.33. The Kier molecular flexibility index (Phi) is 5.16. The van der Waals surface area contributed by atoms with Crippen molar-refractivity contribution in [2.45, 2.75) is 38.5 Å². The molecule has 6 nitrogen and oxygen atoms in total. The molecule has 0 bridgehead atoms. The molecule has 0 unspecified atom stereocenters. The van der Waals surface area contributed by atoms with Crippen LogP contribution in [-0.4, -0.2) is 44.0 Å². The highest BCUT2D eigenvalue weighted by Gasteiger charge is 2.58. The minimum Gasteiger partial charge on any atom is -0.497 e. The van der Waals surface area contributed by atoms with Crippen LogP contribution in [0.5, 0.6) is 11.5 Å². The fraction of sp³-hybridized carbons (Fsp3) is 0.579. The van der Waals surface area contributed by atoms with E-state index in [0.717, 1.165) is 38.8 Å². The monoisotopic (exact) mass is 346 g/mol. The van der Waals surface area contributed by atoms with Gasteiger partial charge in [-0.3, -0.25) is 9.59 Å². The summed E-state index contributed by atoms with van der Waals surface area (Å²) in [4.78, 5) is 27.7. The molecule has 1 N–H and O–H groups in total. The summed E-state index contributed by atoms with van der Waals surface area (Å²) in [6, 6.07) is 5.22. The molecule has 2 fully saturated rings. The molecule has 136 valence electrons. The number of carbonyl (C=O) groups is 2. The predicted molar refractivity (Wildman–Crippen MR) is 94.9 cm³/mol. The Morgan fingerprint density at radius 2 is 1.72 bits per heavy atom. The molecule has 6 heteroatoms. The van der Waals surface area contributed by atoms with Gasteiger partial charge in [0.25, 0.3) is 0 Å². The van der Waals surface area contributed by atoms with Crippen molar-refractivity contribution in [3.05, 3.63) is 18.2 Å². The van der Waals surface area contributed by atoms with Gasteiger partial charge in [-0.25, -0.2) is 0 Å². The van der Waals surface area contributed by atoms with Gasteiger partial charge in [-0.15, -0.1) is 0 Å². The van der Waals surface area contributed by atoms with Crippen LogP contribution in [0.3, 0.4) is 0 Å². The Bertz CT molecular complexity index is 647. The van der Waals surface area contributed by atoms with E-state index in [9.17, 15) is 9.59 Å². The van der Waals surface area contributed by atoms with Gasteiger partial charge >= 0.3 is 0 Å². The van der Waals surface area contributed by atoms with Crippen molar-refractivity contribution in [3.63, 3.8) is 0 Å². The Balaban J connectivity index is 1.75. The molecular formula is C19H26N2O4. The third kappa shape index (κ3) is 3.57. The number of anilines is 1. The average Bonchev–Trinajstić information content (AvgIpc) is 3.45. The summed E-state index contributed by atoms with van der Waals surface area (Å²) in [5.41, 5.74) is -0.375. The van der Waals surface area contributed by atoms with E-state index < -0.39 is 5.41 Å². The molecule has 3 rings (SSSR count). The maximum atomic E-state index is 13.0. The summed E-state index contributed by atoms with van der Waals surface area (Å²) in [7, 11) is 3.12. The van der Waals surface area contributed by atoms with Crippen LogP contribution >= 0.6 is 0 Å². The highest BCUT2D eigenvalue weighted by Crippen LogP contribution is 2.49. The zero-order chi connectivity index (χ0) is 17.9. The van der Waals surface area contributed by atoms with Gasteiger partial charge in [0, 0.05) is 19.2 Å². The molecule has 1 aliphatic carbocycles. The largest absolute Gasteiger partial charge is 0.497 e. The molecule has 0 radical (unpaired) electrons. The molecule has 1 saturated carbocycles. The van der Waals surface area contributed by atoms with Gasteiger partial charge in [0.15, 0.2) is 0 Å². The summed E-state index contributed by atoms with van der Waals surface area (Å²) in [5, 5.41) is 2.88. The minimum atomic E-state index is -0.904. The maximum Gasteiger partial charge on any atom is 0.240 e. The molecule has 1 aromatic carbocycles. The van der Waals surface area contributed by atoms with Crippen molar-refractivity contribution in [3.8, 4) is 11.5 Å². The lowest BCUT2D eigenvalue weighted by Gasteiger charge is -2.25. The molecular weight excluding hydrogens is 320 g/mol. The quantitative estimate of drug-likeness (QED) is 0.833. The van der Waals surface area contributed by atoms with Gasteiger partial charge in [-0.05, 0) is 37.8 Å². The number of rotatable bonds is 5. The van der Waals surface area contributed by atoms with E-state index in [-0.39, 0.29) is 11.8 Å². The molecule has 0 spiro atoms. The number of nitrogens with zero attached hydrogens (tertiary/aromatic N) is 1. The third-order valence-electron chi connectivity index (χ3n) is 5.14. The summed E-state index contributed by atoms with van der Waals surface area (Å²) in [5.74, 6) is 0.911. The topological polar surface area (TPSA) is 67.9 Å². The zero-order valence-electron chi connectivity index (χ0n) is 15.0. The number of carbonyl (C=O) groups excluding carboxylic acids is 2. The van der Waals surface area contributed by atoms with Crippen LogP contribution in [0.4, 0.5) is 5.69 Å². The lowest BCUT2D eigenvalue weighted by Crippen LogP contribution is -2.43. The van der Waals surface area contributed by atoms with E-state index in [0.29, 0.717) is 30.0 Å². The number of likely N-dealkylation sites (tertiary alicyclic amines) is 1. The summed E-state index contributed by atoms with van der Waals surface area (Å²) in [6.07, 6.45) is 5.58. The lowest BCUT2D eigenvalue weighted by atomic mass is 10.0. The average molecular weight is 346 g/mol. The van der Waals surface area contributed by atoms with Crippen molar-refractivity contribution >= 4 is 17.5 Å². The fourth-order valence-corrected chi connectivity index (χ4v) is 3.39. The molecule has 1 aromatic rings. The molecule has 0 aromatic heterocycles. The van der Waals surface area contributed by atoms with Gasteiger partial charge in [0.2, 0.25) is 11.8 Å². The Labute approximate surface area is 148 Å². The number of hydrogen-bond donors (Lipinski definition) is 1. The standard InChI is InChI=1S/C19H26N2O4/c1-24-14-7-8-16(25-2)15(13-14)20-17(22)19(9-10-19)18(23)21-11-5-3-4-6-12-21/h7-8,13H,3-6,9-12H2,1-2H3,(H,20,22). The first-order valence-electron chi connectivity index (χ1n) is 8.93. The number of nitrogens with one attached hydrogen (secondary N) is 1. The number of ether oxygens (including phenoxy) is 2. The molecule has 1 heterocycles. The normalized spacial score (nSPS) is 18.9. The summed E-state index contributed by atoms with van der Waals surface area (Å²) < 4.78 is 10.5. The van der Waals surface area contributed by atoms with E-state index in [1.54, 1.807) is 32.4 Å². The van der Waals surface area contributed by atoms with Crippen LogP contribution in [0, 0.1) is 5.41 Å². The first-order chi connectivity index (χ1) is 12.1. The van der Waals surface area contributed by atoms with E-state index in [2.05, 4.69) is 5.32 Å². The van der Waals surface area contributed by atoms with Crippen molar-refractivity contribution in [2.75, 3.05) is 32.6 Å². The molecule has 1 saturated heterocycles. The first kappa shape index (κ1) is 17.6. The summed E-state index contributed by atoms with van der Waals surface area (Å²) in [6.45, 7) is 1.52. The van der Waals surface area contributed by atoms with Gasteiger partial charge in [0.05, 0.1) is 19.9 Å². The van der Waals surface area contributed by atoms with Crippen LogP contribution in [-0.2, 0) is 9.59 Å². The second-order valence-corrected chi connectivity index (χ2v) is 6.81. The van der Waals surface area contributed by atoms with Crippen LogP contribution in [0.2, 0.25) is 0 Å². The number of hydrogen-bond acceptors (Lipinski definition) is 4. The summed E-state index contributed by atoms with van der Waals surface area (Å²) >= 11 is 0. The molecule has 0 atom stereocenters. The van der Waals surface area contributed by atoms with Crippen LogP contribution in [0.1, 0.15) is 38.5 Å². The number of methoxy groups -OCH3 is 2. The number of benzene rings is 1. The molecule has 1 aliphatic heterocycles.